The van der Waals surface area contributed by atoms with E-state index < -0.39 is 0 Å². The number of halogens is 2. The van der Waals surface area contributed by atoms with Crippen LogP contribution in [0, 0.1) is 0 Å². The minimum Gasteiger partial charge on any atom is -0.457 e. The highest BCUT2D eigenvalue weighted by atomic mass is 35.5. The molecule has 74 valence electrons. The molecule has 4 heteroatoms. The Labute approximate surface area is 91.8 Å². The number of hydrogen-bond donors (Lipinski definition) is 0. The highest BCUT2D eigenvalue weighted by molar-refractivity contribution is 6.42. The predicted octanol–water partition coefficient (Wildman–Crippen LogP) is 3.37. The molecule has 2 nitrogen and oxygen atoms in total. The Hall–Kier alpha value is -0.730. The summed E-state index contributed by atoms with van der Waals surface area (Å²) in [6.07, 6.45) is 1.04. The van der Waals surface area contributed by atoms with Crippen molar-refractivity contribution >= 4 is 29.2 Å². The van der Waals surface area contributed by atoms with Crippen LogP contribution in [-0.2, 0) is 9.53 Å². The zero-order valence-corrected chi connectivity index (χ0v) is 8.81. The molecule has 0 aromatic heterocycles. The topological polar surface area (TPSA) is 26.3 Å². The molecule has 1 atom stereocenters. The van der Waals surface area contributed by atoms with Crippen LogP contribution in [0.2, 0.25) is 10.0 Å². The van der Waals surface area contributed by atoms with Crippen molar-refractivity contribution in [2.75, 3.05) is 0 Å². The van der Waals surface area contributed by atoms with E-state index in [2.05, 4.69) is 0 Å². The van der Waals surface area contributed by atoms with Gasteiger partial charge < -0.3 is 4.74 Å². The van der Waals surface area contributed by atoms with E-state index in [4.69, 9.17) is 27.9 Å². The third kappa shape index (κ3) is 1.86. The minimum atomic E-state index is -0.155. The second-order valence-electron chi connectivity index (χ2n) is 3.19. The van der Waals surface area contributed by atoms with E-state index in [0.717, 1.165) is 12.0 Å². The lowest BCUT2D eigenvalue weighted by Crippen LogP contribution is -1.98. The zero-order chi connectivity index (χ0) is 10.1. The molecule has 1 aromatic rings. The Morgan fingerprint density at radius 2 is 2.07 bits per heavy atom. The first-order valence-corrected chi connectivity index (χ1v) is 5.07. The summed E-state index contributed by atoms with van der Waals surface area (Å²) in [7, 11) is 0. The average molecular weight is 231 g/mol. The van der Waals surface area contributed by atoms with Crippen molar-refractivity contribution in [3.8, 4) is 0 Å². The number of ether oxygens (including phenoxy) is 1. The van der Waals surface area contributed by atoms with Crippen molar-refractivity contribution in [1.82, 2.24) is 0 Å². The normalized spacial score (nSPS) is 21.0. The molecule has 0 saturated carbocycles. The fourth-order valence-corrected chi connectivity index (χ4v) is 1.78. The van der Waals surface area contributed by atoms with Gasteiger partial charge >= 0.3 is 5.97 Å². The van der Waals surface area contributed by atoms with Crippen LogP contribution in [0.5, 0.6) is 0 Å². The van der Waals surface area contributed by atoms with Gasteiger partial charge in [-0.1, -0.05) is 29.3 Å². The Kier molecular flexibility index (Phi) is 2.66. The third-order valence-corrected chi connectivity index (χ3v) is 2.94. The quantitative estimate of drug-likeness (QED) is 0.692. The van der Waals surface area contributed by atoms with Gasteiger partial charge in [0, 0.05) is 6.42 Å². The maximum Gasteiger partial charge on any atom is 0.306 e. The molecule has 2 rings (SSSR count). The van der Waals surface area contributed by atoms with Crippen molar-refractivity contribution in [3.63, 3.8) is 0 Å². The van der Waals surface area contributed by atoms with Crippen LogP contribution in [0.25, 0.3) is 0 Å². The molecular weight excluding hydrogens is 223 g/mol. The molecule has 0 spiro atoms. The first-order chi connectivity index (χ1) is 6.66. The van der Waals surface area contributed by atoms with Gasteiger partial charge in [0.15, 0.2) is 0 Å². The molecule has 0 amide bonds. The predicted molar refractivity (Wildman–Crippen MR) is 54.5 cm³/mol. The number of cyclic esters (lactones) is 1. The molecular formula is C10H8Cl2O2. The first-order valence-electron chi connectivity index (χ1n) is 4.31. The molecule has 1 saturated heterocycles. The van der Waals surface area contributed by atoms with Gasteiger partial charge in [-0.3, -0.25) is 4.79 Å². The molecule has 0 radical (unpaired) electrons. The summed E-state index contributed by atoms with van der Waals surface area (Å²) in [5.41, 5.74) is 0.908. The lowest BCUT2D eigenvalue weighted by Gasteiger charge is -2.09. The monoisotopic (exact) mass is 230 g/mol. The van der Waals surface area contributed by atoms with Crippen molar-refractivity contribution in [2.24, 2.45) is 0 Å². The van der Waals surface area contributed by atoms with Gasteiger partial charge in [0.25, 0.3) is 0 Å². The van der Waals surface area contributed by atoms with Gasteiger partial charge in [-0.25, -0.2) is 0 Å². The van der Waals surface area contributed by atoms with E-state index in [0.29, 0.717) is 16.5 Å². The van der Waals surface area contributed by atoms with Crippen molar-refractivity contribution in [3.05, 3.63) is 33.8 Å². The standard InChI is InChI=1S/C10H8Cl2O2/c11-7-2-1-6(5-8(7)12)9-3-4-10(13)14-9/h1-2,5,9H,3-4H2/t9-/m1/s1. The average Bonchev–Trinajstić information content (AvgIpc) is 2.57. The van der Waals surface area contributed by atoms with E-state index in [-0.39, 0.29) is 12.1 Å². The maximum atomic E-state index is 10.9. The van der Waals surface area contributed by atoms with E-state index >= 15 is 0 Å². The highest BCUT2D eigenvalue weighted by Crippen LogP contribution is 2.32. The van der Waals surface area contributed by atoms with E-state index in [1.54, 1.807) is 12.1 Å². The van der Waals surface area contributed by atoms with Crippen molar-refractivity contribution < 1.29 is 9.53 Å². The lowest BCUT2D eigenvalue weighted by atomic mass is 10.1. The van der Waals surface area contributed by atoms with Gasteiger partial charge in [0.05, 0.1) is 10.0 Å². The van der Waals surface area contributed by atoms with E-state index in [9.17, 15) is 4.79 Å². The molecule has 1 heterocycles. The van der Waals surface area contributed by atoms with Crippen LogP contribution >= 0.6 is 23.2 Å². The molecule has 0 aliphatic carbocycles. The summed E-state index contributed by atoms with van der Waals surface area (Å²) in [4.78, 5) is 10.9. The molecule has 0 N–H and O–H groups in total. The molecule has 0 unspecified atom stereocenters. The van der Waals surface area contributed by atoms with Crippen LogP contribution in [0.4, 0.5) is 0 Å². The number of benzene rings is 1. The first kappa shape index (κ1) is 9.81. The Balaban J connectivity index is 2.24. The summed E-state index contributed by atoms with van der Waals surface area (Å²) < 4.78 is 5.10. The summed E-state index contributed by atoms with van der Waals surface area (Å²) in [6.45, 7) is 0. The number of carbonyl (C=O) groups excluding carboxylic acids is 1. The van der Waals surface area contributed by atoms with Crippen molar-refractivity contribution in [2.45, 2.75) is 18.9 Å². The largest absolute Gasteiger partial charge is 0.457 e. The van der Waals surface area contributed by atoms with E-state index in [1.165, 1.54) is 0 Å². The van der Waals surface area contributed by atoms with Gasteiger partial charge in [-0.2, -0.15) is 0 Å². The number of rotatable bonds is 1. The van der Waals surface area contributed by atoms with Gasteiger partial charge in [0.2, 0.25) is 0 Å². The van der Waals surface area contributed by atoms with Crippen LogP contribution < -0.4 is 0 Å². The molecule has 1 aliphatic rings. The smallest absolute Gasteiger partial charge is 0.306 e. The summed E-state index contributed by atoms with van der Waals surface area (Å²) in [5, 5.41) is 1.01. The third-order valence-electron chi connectivity index (χ3n) is 2.20. The Morgan fingerprint density at radius 3 is 2.64 bits per heavy atom. The van der Waals surface area contributed by atoms with Gasteiger partial charge in [0.1, 0.15) is 6.10 Å². The van der Waals surface area contributed by atoms with Gasteiger partial charge in [-0.15, -0.1) is 0 Å². The highest BCUT2D eigenvalue weighted by Gasteiger charge is 2.24. The van der Waals surface area contributed by atoms with Crippen molar-refractivity contribution in [1.29, 1.82) is 0 Å². The number of esters is 1. The van der Waals surface area contributed by atoms with E-state index in [1.807, 2.05) is 6.07 Å². The maximum absolute atomic E-state index is 10.9. The molecule has 14 heavy (non-hydrogen) atoms. The summed E-state index contributed by atoms with van der Waals surface area (Å²) in [6, 6.07) is 5.29. The SMILES string of the molecule is O=C1CC[C@H](c2ccc(Cl)c(Cl)c2)O1. The Morgan fingerprint density at radius 1 is 1.29 bits per heavy atom. The second kappa shape index (κ2) is 3.79. The zero-order valence-electron chi connectivity index (χ0n) is 7.30. The van der Waals surface area contributed by atoms with Crippen LogP contribution in [0.15, 0.2) is 18.2 Å². The molecule has 1 fully saturated rings. The molecule has 1 aromatic carbocycles. The fraction of sp³-hybridized carbons (Fsp3) is 0.300. The molecule has 0 bridgehead atoms. The second-order valence-corrected chi connectivity index (χ2v) is 4.01. The number of carbonyl (C=O) groups is 1. The van der Waals surface area contributed by atoms with Crippen LogP contribution in [0.3, 0.4) is 0 Å². The minimum absolute atomic E-state index is 0.152. The summed E-state index contributed by atoms with van der Waals surface area (Å²) in [5.74, 6) is -0.152. The van der Waals surface area contributed by atoms with Crippen LogP contribution in [0.1, 0.15) is 24.5 Å². The number of hydrogen-bond acceptors (Lipinski definition) is 2. The van der Waals surface area contributed by atoms with Crippen LogP contribution in [-0.4, -0.2) is 5.97 Å². The fourth-order valence-electron chi connectivity index (χ4n) is 1.47. The molecule has 1 aliphatic heterocycles. The lowest BCUT2D eigenvalue weighted by molar-refractivity contribution is -0.141. The van der Waals surface area contributed by atoms with Gasteiger partial charge in [-0.05, 0) is 24.1 Å². The Bertz CT molecular complexity index is 376. The summed E-state index contributed by atoms with van der Waals surface area (Å²) >= 11 is 11.6.